The molecule has 2 heteroatoms. The smallest absolute Gasteiger partial charge is 0.0469 e. The lowest BCUT2D eigenvalue weighted by atomic mass is 10.1. The molecule has 0 rings (SSSR count). The summed E-state index contributed by atoms with van der Waals surface area (Å²) >= 11 is 0. The van der Waals surface area contributed by atoms with Gasteiger partial charge in [-0.05, 0) is 31.2 Å². The minimum atomic E-state index is 0.601. The van der Waals surface area contributed by atoms with E-state index in [2.05, 4.69) is 20.8 Å². The van der Waals surface area contributed by atoms with Gasteiger partial charge in [-0.25, -0.2) is 0 Å². The maximum Gasteiger partial charge on any atom is 0.0469 e. The Morgan fingerprint density at radius 1 is 1.08 bits per heavy atom. The molecule has 0 bridgehead atoms. The normalized spacial score (nSPS) is 13.8. The van der Waals surface area contributed by atoms with Gasteiger partial charge in [-0.15, -0.1) is 0 Å². The lowest BCUT2D eigenvalue weighted by Crippen LogP contribution is -2.13. The first-order valence-electron chi connectivity index (χ1n) is 4.94. The Labute approximate surface area is 76.5 Å². The van der Waals surface area contributed by atoms with E-state index in [0.717, 1.165) is 38.5 Å². The Bertz CT molecular complexity index is 93.8. The summed E-state index contributed by atoms with van der Waals surface area (Å²) in [4.78, 5) is 0. The Kier molecular flexibility index (Phi) is 7.51. The average Bonchev–Trinajstić information content (AvgIpc) is 2.03. The van der Waals surface area contributed by atoms with Crippen molar-refractivity contribution in [2.45, 2.75) is 33.6 Å². The highest BCUT2D eigenvalue weighted by atomic mass is 16.5. The van der Waals surface area contributed by atoms with Gasteiger partial charge in [-0.2, -0.15) is 0 Å². The first-order valence-corrected chi connectivity index (χ1v) is 4.94. The molecule has 0 saturated carbocycles. The molecule has 1 unspecified atom stereocenters. The molecule has 74 valence electrons. The maximum atomic E-state index is 5.48. The average molecular weight is 173 g/mol. The van der Waals surface area contributed by atoms with E-state index in [-0.39, 0.29) is 0 Å². The van der Waals surface area contributed by atoms with E-state index in [1.165, 1.54) is 0 Å². The molecule has 12 heavy (non-hydrogen) atoms. The summed E-state index contributed by atoms with van der Waals surface area (Å²) in [5, 5.41) is 0. The largest absolute Gasteiger partial charge is 0.381 e. The van der Waals surface area contributed by atoms with Crippen molar-refractivity contribution in [1.29, 1.82) is 0 Å². The minimum absolute atomic E-state index is 0.601. The molecule has 0 saturated heterocycles. The summed E-state index contributed by atoms with van der Waals surface area (Å²) in [7, 11) is 0. The fraction of sp³-hybridized carbons (Fsp3) is 1.00. The number of rotatable bonds is 7. The third kappa shape index (κ3) is 8.02. The van der Waals surface area contributed by atoms with Crippen molar-refractivity contribution in [2.75, 3.05) is 19.8 Å². The zero-order valence-corrected chi connectivity index (χ0v) is 8.68. The molecule has 2 N–H and O–H groups in total. The van der Waals surface area contributed by atoms with Crippen molar-refractivity contribution in [2.24, 2.45) is 17.6 Å². The van der Waals surface area contributed by atoms with Crippen LogP contribution in [-0.4, -0.2) is 19.8 Å². The second-order valence-electron chi connectivity index (χ2n) is 3.92. The third-order valence-corrected chi connectivity index (χ3v) is 2.00. The topological polar surface area (TPSA) is 35.2 Å². The van der Waals surface area contributed by atoms with Gasteiger partial charge in [0, 0.05) is 13.2 Å². The van der Waals surface area contributed by atoms with Crippen LogP contribution in [0.1, 0.15) is 33.6 Å². The molecule has 2 nitrogen and oxygen atoms in total. The van der Waals surface area contributed by atoms with Crippen LogP contribution in [0.3, 0.4) is 0 Å². The zero-order valence-electron chi connectivity index (χ0n) is 8.68. The van der Waals surface area contributed by atoms with E-state index in [1.807, 2.05) is 0 Å². The molecule has 0 aromatic carbocycles. The van der Waals surface area contributed by atoms with E-state index in [4.69, 9.17) is 10.5 Å². The van der Waals surface area contributed by atoms with E-state index in [0.29, 0.717) is 5.92 Å². The highest BCUT2D eigenvalue weighted by molar-refractivity contribution is 4.51. The summed E-state index contributed by atoms with van der Waals surface area (Å²) in [5.41, 5.74) is 5.48. The Hall–Kier alpha value is -0.0800. The van der Waals surface area contributed by atoms with Crippen molar-refractivity contribution < 1.29 is 4.74 Å². The molecule has 1 atom stereocenters. The standard InChI is InChI=1S/C10H23NO/c1-9(2)4-6-12-7-5-10(3)8-11/h9-10H,4-8,11H2,1-3H3. The van der Waals surface area contributed by atoms with Gasteiger partial charge in [-0.3, -0.25) is 0 Å². The summed E-state index contributed by atoms with van der Waals surface area (Å²) in [6, 6.07) is 0. The number of ether oxygens (including phenoxy) is 1. The fourth-order valence-corrected chi connectivity index (χ4v) is 0.823. The summed E-state index contributed by atoms with van der Waals surface area (Å²) in [6.07, 6.45) is 2.26. The van der Waals surface area contributed by atoms with Crippen LogP contribution < -0.4 is 5.73 Å². The Morgan fingerprint density at radius 2 is 1.67 bits per heavy atom. The van der Waals surface area contributed by atoms with E-state index >= 15 is 0 Å². The van der Waals surface area contributed by atoms with Crippen LogP contribution >= 0.6 is 0 Å². The molecule has 0 aliphatic carbocycles. The molecule has 0 heterocycles. The number of hydrogen-bond acceptors (Lipinski definition) is 2. The van der Waals surface area contributed by atoms with Crippen LogP contribution in [0.15, 0.2) is 0 Å². The van der Waals surface area contributed by atoms with E-state index in [9.17, 15) is 0 Å². The van der Waals surface area contributed by atoms with Crippen molar-refractivity contribution >= 4 is 0 Å². The van der Waals surface area contributed by atoms with Gasteiger partial charge in [0.25, 0.3) is 0 Å². The number of hydrogen-bond donors (Lipinski definition) is 1. The van der Waals surface area contributed by atoms with Gasteiger partial charge in [0.2, 0.25) is 0 Å². The summed E-state index contributed by atoms with van der Waals surface area (Å²) < 4.78 is 5.46. The van der Waals surface area contributed by atoms with Gasteiger partial charge in [0.05, 0.1) is 0 Å². The lowest BCUT2D eigenvalue weighted by Gasteiger charge is -2.09. The van der Waals surface area contributed by atoms with Crippen LogP contribution in [0, 0.1) is 11.8 Å². The fourth-order valence-electron chi connectivity index (χ4n) is 0.823. The van der Waals surface area contributed by atoms with Gasteiger partial charge >= 0.3 is 0 Å². The second kappa shape index (κ2) is 7.56. The van der Waals surface area contributed by atoms with Crippen molar-refractivity contribution in [3.63, 3.8) is 0 Å². The monoisotopic (exact) mass is 173 g/mol. The SMILES string of the molecule is CC(C)CCOCCC(C)CN. The van der Waals surface area contributed by atoms with Crippen molar-refractivity contribution in [3.05, 3.63) is 0 Å². The zero-order chi connectivity index (χ0) is 9.40. The van der Waals surface area contributed by atoms with E-state index < -0.39 is 0 Å². The van der Waals surface area contributed by atoms with Gasteiger partial charge < -0.3 is 10.5 Å². The van der Waals surface area contributed by atoms with Crippen LogP contribution in [0.25, 0.3) is 0 Å². The first-order chi connectivity index (χ1) is 5.66. The van der Waals surface area contributed by atoms with Crippen LogP contribution in [0.4, 0.5) is 0 Å². The Balaban J connectivity index is 3.00. The second-order valence-corrected chi connectivity index (χ2v) is 3.92. The predicted octanol–water partition coefficient (Wildman–Crippen LogP) is 2.03. The molecule has 0 aliphatic heterocycles. The molecule has 0 amide bonds. The highest BCUT2D eigenvalue weighted by Crippen LogP contribution is 2.02. The molecule has 0 radical (unpaired) electrons. The first kappa shape index (κ1) is 11.9. The summed E-state index contributed by atoms with van der Waals surface area (Å²) in [5.74, 6) is 1.35. The van der Waals surface area contributed by atoms with E-state index in [1.54, 1.807) is 0 Å². The molecule has 0 aromatic heterocycles. The lowest BCUT2D eigenvalue weighted by molar-refractivity contribution is 0.113. The van der Waals surface area contributed by atoms with Gasteiger partial charge in [0.15, 0.2) is 0 Å². The van der Waals surface area contributed by atoms with Gasteiger partial charge in [0.1, 0.15) is 0 Å². The molecule has 0 aromatic rings. The minimum Gasteiger partial charge on any atom is -0.381 e. The highest BCUT2D eigenvalue weighted by Gasteiger charge is 1.98. The predicted molar refractivity (Wildman–Crippen MR) is 53.1 cm³/mol. The number of nitrogens with two attached hydrogens (primary N) is 1. The maximum absolute atomic E-state index is 5.48. The molecular weight excluding hydrogens is 150 g/mol. The molecule has 0 fully saturated rings. The van der Waals surface area contributed by atoms with Crippen LogP contribution in [0.2, 0.25) is 0 Å². The molecule has 0 aliphatic rings. The van der Waals surface area contributed by atoms with Crippen molar-refractivity contribution in [1.82, 2.24) is 0 Å². The van der Waals surface area contributed by atoms with Crippen LogP contribution in [0.5, 0.6) is 0 Å². The third-order valence-electron chi connectivity index (χ3n) is 2.00. The van der Waals surface area contributed by atoms with Gasteiger partial charge in [-0.1, -0.05) is 20.8 Å². The summed E-state index contributed by atoms with van der Waals surface area (Å²) in [6.45, 7) is 9.12. The molecular formula is C10H23NO. The van der Waals surface area contributed by atoms with Crippen molar-refractivity contribution in [3.8, 4) is 0 Å². The molecule has 0 spiro atoms. The quantitative estimate of drug-likeness (QED) is 0.598. The van der Waals surface area contributed by atoms with Crippen LogP contribution in [-0.2, 0) is 4.74 Å². The Morgan fingerprint density at radius 3 is 2.17 bits per heavy atom.